The summed E-state index contributed by atoms with van der Waals surface area (Å²) in [4.78, 5) is 1.93. The first kappa shape index (κ1) is 15.6. The van der Waals surface area contributed by atoms with Crippen LogP contribution in [0.15, 0.2) is 65.9 Å². The molecule has 1 aliphatic carbocycles. The minimum atomic E-state index is 0.236. The third-order valence-electron chi connectivity index (χ3n) is 4.01. The molecular weight excluding hydrogens is 298 g/mol. The van der Waals surface area contributed by atoms with Crippen LogP contribution in [-0.2, 0) is 0 Å². The zero-order valence-electron chi connectivity index (χ0n) is 13.3. The highest BCUT2D eigenvalue weighted by molar-refractivity contribution is 5.57. The number of ether oxygens (including phenoxy) is 1. The lowest BCUT2D eigenvalue weighted by Crippen LogP contribution is -2.22. The Morgan fingerprint density at radius 3 is 2.29 bits per heavy atom. The van der Waals surface area contributed by atoms with E-state index in [0.29, 0.717) is 0 Å². The maximum Gasteiger partial charge on any atom is 0.127 e. The van der Waals surface area contributed by atoms with E-state index in [4.69, 9.17) is 10.00 Å². The van der Waals surface area contributed by atoms with Crippen molar-refractivity contribution in [1.82, 2.24) is 0 Å². The number of hydrogen-bond acceptors (Lipinski definition) is 4. The largest absolute Gasteiger partial charge is 0.457 e. The molecule has 118 valence electrons. The van der Waals surface area contributed by atoms with Crippen molar-refractivity contribution in [2.75, 3.05) is 11.4 Å². The van der Waals surface area contributed by atoms with Gasteiger partial charge in [-0.3, -0.25) is 0 Å². The molecule has 24 heavy (non-hydrogen) atoms. The summed E-state index contributed by atoms with van der Waals surface area (Å²) in [5, 5.41) is 18.4. The van der Waals surface area contributed by atoms with Crippen LogP contribution in [0.4, 0.5) is 5.69 Å². The first-order valence-corrected chi connectivity index (χ1v) is 7.91. The number of nitriles is 2. The lowest BCUT2D eigenvalue weighted by Gasteiger charge is -2.24. The maximum absolute atomic E-state index is 9.27. The van der Waals surface area contributed by atoms with Crippen LogP contribution in [0.25, 0.3) is 0 Å². The Balaban J connectivity index is 1.83. The summed E-state index contributed by atoms with van der Waals surface area (Å²) in [6, 6.07) is 21.7. The Hall–Kier alpha value is -3.24. The lowest BCUT2D eigenvalue weighted by molar-refractivity contribution is 0.482. The summed E-state index contributed by atoms with van der Waals surface area (Å²) >= 11 is 0. The average Bonchev–Trinajstić information content (AvgIpc) is 3.10. The molecule has 0 bridgehead atoms. The van der Waals surface area contributed by atoms with E-state index in [-0.39, 0.29) is 6.54 Å². The smallest absolute Gasteiger partial charge is 0.127 e. The molecule has 4 heteroatoms. The van der Waals surface area contributed by atoms with Gasteiger partial charge in [0.15, 0.2) is 0 Å². The molecule has 4 nitrogen and oxygen atoms in total. The molecular formula is C20H17N3O. The SMILES string of the molecule is N#CCN(C1=C(C#N)CCC1)c1ccc(Oc2ccccc2)cc1. The van der Waals surface area contributed by atoms with E-state index in [1.807, 2.05) is 59.5 Å². The third-order valence-corrected chi connectivity index (χ3v) is 4.01. The summed E-state index contributed by atoms with van der Waals surface area (Å²) in [6.07, 6.45) is 2.60. The van der Waals surface area contributed by atoms with Crippen molar-refractivity contribution in [3.63, 3.8) is 0 Å². The van der Waals surface area contributed by atoms with Crippen LogP contribution >= 0.6 is 0 Å². The van der Waals surface area contributed by atoms with Gasteiger partial charge in [0.1, 0.15) is 18.0 Å². The molecule has 2 aromatic carbocycles. The zero-order valence-corrected chi connectivity index (χ0v) is 13.3. The molecule has 0 amide bonds. The van der Waals surface area contributed by atoms with Gasteiger partial charge in [-0.25, -0.2) is 0 Å². The minimum absolute atomic E-state index is 0.236. The third kappa shape index (κ3) is 3.39. The van der Waals surface area contributed by atoms with Crippen molar-refractivity contribution in [2.45, 2.75) is 19.3 Å². The molecule has 0 unspecified atom stereocenters. The second-order valence-electron chi connectivity index (χ2n) is 5.54. The fourth-order valence-corrected chi connectivity index (χ4v) is 2.88. The molecule has 0 radical (unpaired) electrons. The van der Waals surface area contributed by atoms with Crippen molar-refractivity contribution in [3.8, 4) is 23.6 Å². The van der Waals surface area contributed by atoms with Crippen LogP contribution in [0, 0.1) is 22.7 Å². The van der Waals surface area contributed by atoms with Crippen LogP contribution in [0.1, 0.15) is 19.3 Å². The van der Waals surface area contributed by atoms with Gasteiger partial charge in [-0.1, -0.05) is 18.2 Å². The Bertz CT molecular complexity index is 811. The molecule has 0 spiro atoms. The van der Waals surface area contributed by atoms with Crippen LogP contribution < -0.4 is 9.64 Å². The van der Waals surface area contributed by atoms with Gasteiger partial charge >= 0.3 is 0 Å². The number of para-hydroxylation sites is 1. The van der Waals surface area contributed by atoms with Crippen LogP contribution in [0.3, 0.4) is 0 Å². The van der Waals surface area contributed by atoms with Gasteiger partial charge in [0.05, 0.1) is 12.1 Å². The van der Waals surface area contributed by atoms with E-state index in [9.17, 15) is 5.26 Å². The van der Waals surface area contributed by atoms with Gasteiger partial charge in [-0.15, -0.1) is 0 Å². The fraction of sp³-hybridized carbons (Fsp3) is 0.200. The molecule has 0 saturated carbocycles. The highest BCUT2D eigenvalue weighted by Crippen LogP contribution is 2.33. The first-order chi connectivity index (χ1) is 11.8. The van der Waals surface area contributed by atoms with Gasteiger partial charge < -0.3 is 9.64 Å². The van der Waals surface area contributed by atoms with Crippen molar-refractivity contribution < 1.29 is 4.74 Å². The predicted molar refractivity (Wildman–Crippen MR) is 92.4 cm³/mol. The van der Waals surface area contributed by atoms with Crippen molar-refractivity contribution in [1.29, 1.82) is 10.5 Å². The summed E-state index contributed by atoms with van der Waals surface area (Å²) < 4.78 is 5.79. The van der Waals surface area contributed by atoms with Crippen molar-refractivity contribution >= 4 is 5.69 Å². The van der Waals surface area contributed by atoms with Gasteiger partial charge in [0, 0.05) is 17.0 Å². The second-order valence-corrected chi connectivity index (χ2v) is 5.54. The van der Waals surface area contributed by atoms with Gasteiger partial charge in [-0.05, 0) is 55.7 Å². The highest BCUT2D eigenvalue weighted by Gasteiger charge is 2.21. The van der Waals surface area contributed by atoms with E-state index >= 15 is 0 Å². The number of allylic oxidation sites excluding steroid dienone is 2. The Morgan fingerprint density at radius 2 is 1.62 bits per heavy atom. The Labute approximate surface area is 141 Å². The second kappa shape index (κ2) is 7.35. The molecule has 0 atom stereocenters. The van der Waals surface area contributed by atoms with E-state index < -0.39 is 0 Å². The van der Waals surface area contributed by atoms with Crippen molar-refractivity contribution in [3.05, 3.63) is 65.9 Å². The van der Waals surface area contributed by atoms with Crippen LogP contribution in [0.2, 0.25) is 0 Å². The van der Waals surface area contributed by atoms with Crippen molar-refractivity contribution in [2.24, 2.45) is 0 Å². The first-order valence-electron chi connectivity index (χ1n) is 7.91. The number of nitrogens with zero attached hydrogens (tertiary/aromatic N) is 3. The minimum Gasteiger partial charge on any atom is -0.457 e. The predicted octanol–water partition coefficient (Wildman–Crippen LogP) is 4.77. The van der Waals surface area contributed by atoms with E-state index in [1.165, 1.54) is 0 Å². The topological polar surface area (TPSA) is 60.0 Å². The van der Waals surface area contributed by atoms with E-state index in [0.717, 1.165) is 47.7 Å². The Morgan fingerprint density at radius 1 is 0.917 bits per heavy atom. The normalized spacial score (nSPS) is 13.2. The van der Waals surface area contributed by atoms with Gasteiger partial charge in [0.25, 0.3) is 0 Å². The average molecular weight is 315 g/mol. The summed E-state index contributed by atoms with van der Waals surface area (Å²) in [5.41, 5.74) is 2.66. The van der Waals surface area contributed by atoms with Gasteiger partial charge in [0.2, 0.25) is 0 Å². The quantitative estimate of drug-likeness (QED) is 0.746. The standard InChI is InChI=1S/C20H17N3O/c21-13-14-23(20-8-4-5-16(20)15-22)17-9-11-19(12-10-17)24-18-6-2-1-3-7-18/h1-3,6-7,9-12H,4-5,8,14H2. The summed E-state index contributed by atoms with van der Waals surface area (Å²) in [7, 11) is 0. The Kier molecular flexibility index (Phi) is 4.79. The van der Waals surface area contributed by atoms with Gasteiger partial charge in [-0.2, -0.15) is 10.5 Å². The molecule has 0 aromatic heterocycles. The maximum atomic E-state index is 9.27. The number of rotatable bonds is 5. The molecule has 3 rings (SSSR count). The summed E-state index contributed by atoms with van der Waals surface area (Å²) in [6.45, 7) is 0.236. The lowest BCUT2D eigenvalue weighted by atomic mass is 10.2. The van der Waals surface area contributed by atoms with E-state index in [2.05, 4.69) is 12.1 Å². The number of hydrogen-bond donors (Lipinski definition) is 0. The molecule has 0 N–H and O–H groups in total. The summed E-state index contributed by atoms with van der Waals surface area (Å²) in [5.74, 6) is 1.52. The fourth-order valence-electron chi connectivity index (χ4n) is 2.88. The molecule has 1 aliphatic rings. The monoisotopic (exact) mass is 315 g/mol. The van der Waals surface area contributed by atoms with Crippen LogP contribution in [0.5, 0.6) is 11.5 Å². The number of anilines is 1. The van der Waals surface area contributed by atoms with E-state index in [1.54, 1.807) is 0 Å². The molecule has 0 saturated heterocycles. The number of benzene rings is 2. The molecule has 2 aromatic rings. The highest BCUT2D eigenvalue weighted by atomic mass is 16.5. The molecule has 0 heterocycles. The zero-order chi connectivity index (χ0) is 16.8. The molecule has 0 fully saturated rings. The van der Waals surface area contributed by atoms with Crippen LogP contribution in [-0.4, -0.2) is 6.54 Å². The molecule has 0 aliphatic heterocycles.